The summed E-state index contributed by atoms with van der Waals surface area (Å²) in [5, 5.41) is 15.3. The first-order valence-electron chi connectivity index (χ1n) is 10.4. The van der Waals surface area contributed by atoms with E-state index in [-0.39, 0.29) is 5.56 Å². The molecule has 2 aromatic rings. The van der Waals surface area contributed by atoms with Crippen LogP contribution in [0.25, 0.3) is 0 Å². The monoisotopic (exact) mass is 498 g/mol. The second kappa shape index (κ2) is 9.25. The Morgan fingerprint density at radius 2 is 1.74 bits per heavy atom. The van der Waals surface area contributed by atoms with E-state index in [4.69, 9.17) is 0 Å². The Bertz CT molecular complexity index is 1190. The molecule has 0 fully saturated rings. The summed E-state index contributed by atoms with van der Waals surface area (Å²) in [6, 6.07) is 5.27. The molecule has 35 heavy (non-hydrogen) atoms. The summed E-state index contributed by atoms with van der Waals surface area (Å²) < 4.78 is 67.0. The van der Waals surface area contributed by atoms with Crippen molar-refractivity contribution in [3.8, 4) is 0 Å². The fraction of sp³-hybridized carbons (Fsp3) is 0.348. The molecule has 1 aromatic carbocycles. The topological polar surface area (TPSA) is 85.8 Å². The number of likely N-dealkylation sites (N-methyl/N-ethyl adjacent to an activating group) is 1. The molecular weight excluding hydrogens is 475 g/mol. The van der Waals surface area contributed by atoms with Crippen LogP contribution in [0.5, 0.6) is 0 Å². The van der Waals surface area contributed by atoms with E-state index >= 15 is 0 Å². The van der Waals surface area contributed by atoms with Crippen molar-refractivity contribution >= 4 is 17.6 Å². The molecule has 188 valence electrons. The maximum absolute atomic E-state index is 14.3. The standard InChI is InChI=1S/C23H23F5N4O3/c1-22(2,3)19-18(33)16(20(34)30-15-10-6-9-14(29-15)23(26,27)28)21(35)32(31(19)4)11-12-7-5-8-13(24)17(12)25/h5-10,19,33H,11H2,1-4H3,(H,29,30,34)/t19-/m1/s1. The van der Waals surface area contributed by atoms with Crippen LogP contribution in [-0.2, 0) is 22.3 Å². The van der Waals surface area contributed by atoms with Gasteiger partial charge in [0.05, 0.1) is 12.6 Å². The van der Waals surface area contributed by atoms with E-state index in [0.717, 1.165) is 23.2 Å². The summed E-state index contributed by atoms with van der Waals surface area (Å²) >= 11 is 0. The summed E-state index contributed by atoms with van der Waals surface area (Å²) in [6.45, 7) is 4.67. The number of alkyl halides is 3. The number of nitrogens with zero attached hydrogens (tertiary/aromatic N) is 3. The van der Waals surface area contributed by atoms with Crippen LogP contribution in [0.15, 0.2) is 47.7 Å². The first kappa shape index (κ1) is 26.1. The van der Waals surface area contributed by atoms with Gasteiger partial charge in [0.1, 0.15) is 22.8 Å². The van der Waals surface area contributed by atoms with Gasteiger partial charge in [-0.25, -0.2) is 18.8 Å². The molecule has 2 heterocycles. The Hall–Kier alpha value is -3.54. The molecule has 12 heteroatoms. The minimum Gasteiger partial charge on any atom is -0.509 e. The van der Waals surface area contributed by atoms with Crippen LogP contribution in [0.3, 0.4) is 0 Å². The number of hydrogen-bond donors (Lipinski definition) is 2. The smallest absolute Gasteiger partial charge is 0.433 e. The Labute approximate surface area is 197 Å². The summed E-state index contributed by atoms with van der Waals surface area (Å²) in [5.74, 6) is -5.68. The molecule has 0 radical (unpaired) electrons. The van der Waals surface area contributed by atoms with Crippen molar-refractivity contribution in [1.29, 1.82) is 0 Å². The molecule has 1 aliphatic heterocycles. The molecule has 7 nitrogen and oxygen atoms in total. The number of carbonyl (C=O) groups excluding carboxylic acids is 2. The van der Waals surface area contributed by atoms with Crippen molar-refractivity contribution in [3.63, 3.8) is 0 Å². The van der Waals surface area contributed by atoms with Gasteiger partial charge in [0.25, 0.3) is 11.8 Å². The molecule has 0 spiro atoms. The Morgan fingerprint density at radius 1 is 1.11 bits per heavy atom. The predicted molar refractivity (Wildman–Crippen MR) is 115 cm³/mol. The van der Waals surface area contributed by atoms with Gasteiger partial charge in [0.2, 0.25) is 0 Å². The van der Waals surface area contributed by atoms with Crippen LogP contribution in [0.1, 0.15) is 32.0 Å². The third kappa shape index (κ3) is 5.26. The van der Waals surface area contributed by atoms with Crippen LogP contribution >= 0.6 is 0 Å². The predicted octanol–water partition coefficient (Wildman–Crippen LogP) is 4.43. The highest BCUT2D eigenvalue weighted by atomic mass is 19.4. The average Bonchev–Trinajstić information content (AvgIpc) is 2.72. The summed E-state index contributed by atoms with van der Waals surface area (Å²) in [7, 11) is 1.43. The normalized spacial score (nSPS) is 17.7. The van der Waals surface area contributed by atoms with Crippen LogP contribution in [0.2, 0.25) is 0 Å². The number of amides is 2. The zero-order chi connectivity index (χ0) is 26.3. The maximum Gasteiger partial charge on any atom is 0.433 e. The van der Waals surface area contributed by atoms with Gasteiger partial charge in [-0.15, -0.1) is 0 Å². The minimum absolute atomic E-state index is 0.182. The van der Waals surface area contributed by atoms with Gasteiger partial charge in [0, 0.05) is 12.6 Å². The molecule has 2 amide bonds. The number of halogens is 5. The lowest BCUT2D eigenvalue weighted by atomic mass is 9.82. The van der Waals surface area contributed by atoms with Gasteiger partial charge >= 0.3 is 6.18 Å². The van der Waals surface area contributed by atoms with Crippen molar-refractivity contribution in [2.75, 3.05) is 12.4 Å². The van der Waals surface area contributed by atoms with E-state index < -0.39 is 70.5 Å². The van der Waals surface area contributed by atoms with Crippen molar-refractivity contribution < 1.29 is 36.6 Å². The van der Waals surface area contributed by atoms with Crippen molar-refractivity contribution in [3.05, 3.63) is 70.6 Å². The summed E-state index contributed by atoms with van der Waals surface area (Å²) in [6.07, 6.45) is -4.77. The molecule has 0 saturated carbocycles. The molecule has 2 N–H and O–H groups in total. The number of hydrogen-bond acceptors (Lipinski definition) is 5. The summed E-state index contributed by atoms with van der Waals surface area (Å²) in [5.41, 5.74) is -2.96. The van der Waals surface area contributed by atoms with Gasteiger partial charge in [-0.2, -0.15) is 13.2 Å². The lowest BCUT2D eigenvalue weighted by molar-refractivity contribution is -0.158. The largest absolute Gasteiger partial charge is 0.509 e. The van der Waals surface area contributed by atoms with E-state index in [0.29, 0.717) is 6.07 Å². The minimum atomic E-state index is -4.77. The van der Waals surface area contributed by atoms with Gasteiger partial charge in [-0.3, -0.25) is 14.6 Å². The van der Waals surface area contributed by atoms with Gasteiger partial charge in [-0.1, -0.05) is 39.0 Å². The second-order valence-corrected chi connectivity index (χ2v) is 9.04. The molecule has 0 aliphatic carbocycles. The van der Waals surface area contributed by atoms with Crippen molar-refractivity contribution in [2.24, 2.45) is 5.41 Å². The molecule has 0 bridgehead atoms. The quantitative estimate of drug-likeness (QED) is 0.481. The lowest BCUT2D eigenvalue weighted by Gasteiger charge is -2.46. The molecule has 1 aliphatic rings. The third-order valence-corrected chi connectivity index (χ3v) is 5.40. The number of aliphatic hydroxyl groups excluding tert-OH is 1. The molecule has 0 saturated heterocycles. The molecule has 1 aromatic heterocycles. The number of carbonyl (C=O) groups is 2. The van der Waals surface area contributed by atoms with E-state index in [1.54, 1.807) is 20.8 Å². The van der Waals surface area contributed by atoms with E-state index in [1.807, 2.05) is 0 Å². The molecule has 0 unspecified atom stereocenters. The van der Waals surface area contributed by atoms with E-state index in [1.165, 1.54) is 24.2 Å². The number of hydrazine groups is 1. The maximum atomic E-state index is 14.3. The number of aromatic nitrogens is 1. The zero-order valence-corrected chi connectivity index (χ0v) is 19.2. The van der Waals surface area contributed by atoms with E-state index in [2.05, 4.69) is 10.3 Å². The summed E-state index contributed by atoms with van der Waals surface area (Å²) in [4.78, 5) is 29.6. The number of anilines is 1. The number of aliphatic hydroxyl groups is 1. The number of nitrogens with one attached hydrogen (secondary N) is 1. The Kier molecular flexibility index (Phi) is 6.89. The number of pyridine rings is 1. The zero-order valence-electron chi connectivity index (χ0n) is 19.2. The molecule has 1 atom stereocenters. The second-order valence-electron chi connectivity index (χ2n) is 9.04. The number of benzene rings is 1. The van der Waals surface area contributed by atoms with Gasteiger partial charge in [0.15, 0.2) is 11.6 Å². The third-order valence-electron chi connectivity index (χ3n) is 5.40. The first-order chi connectivity index (χ1) is 16.1. The molecule has 3 rings (SSSR count). The van der Waals surface area contributed by atoms with E-state index in [9.17, 15) is 36.6 Å². The Balaban J connectivity index is 2.02. The van der Waals surface area contributed by atoms with Crippen LogP contribution in [0.4, 0.5) is 27.8 Å². The van der Waals surface area contributed by atoms with Crippen molar-refractivity contribution in [2.45, 2.75) is 39.5 Å². The highest BCUT2D eigenvalue weighted by Gasteiger charge is 2.46. The fourth-order valence-corrected chi connectivity index (χ4v) is 3.88. The highest BCUT2D eigenvalue weighted by molar-refractivity contribution is 6.23. The highest BCUT2D eigenvalue weighted by Crippen LogP contribution is 2.36. The van der Waals surface area contributed by atoms with Crippen LogP contribution < -0.4 is 5.32 Å². The van der Waals surface area contributed by atoms with Crippen LogP contribution in [0, 0.1) is 17.0 Å². The fourth-order valence-electron chi connectivity index (χ4n) is 3.88. The van der Waals surface area contributed by atoms with Crippen LogP contribution in [-0.4, -0.2) is 45.0 Å². The lowest BCUT2D eigenvalue weighted by Crippen LogP contribution is -2.59. The molecular formula is C23H23F5N4O3. The average molecular weight is 498 g/mol. The first-order valence-corrected chi connectivity index (χ1v) is 10.4. The van der Waals surface area contributed by atoms with Crippen molar-refractivity contribution in [1.82, 2.24) is 15.0 Å². The Morgan fingerprint density at radius 3 is 2.34 bits per heavy atom. The number of rotatable bonds is 4. The van der Waals surface area contributed by atoms with Gasteiger partial charge in [-0.05, 0) is 23.6 Å². The van der Waals surface area contributed by atoms with Gasteiger partial charge < -0.3 is 10.4 Å². The SMILES string of the molecule is CN1[C@@H](C(C)(C)C)C(O)=C(C(=O)Nc2cccc(C(F)(F)F)n2)C(=O)N1Cc1cccc(F)c1F.